The van der Waals surface area contributed by atoms with Crippen LogP contribution in [0.25, 0.3) is 0 Å². The Morgan fingerprint density at radius 1 is 0.952 bits per heavy atom. The summed E-state index contributed by atoms with van der Waals surface area (Å²) in [5, 5.41) is 0. The second-order valence-electron chi connectivity index (χ2n) is 6.19. The van der Waals surface area contributed by atoms with Crippen molar-refractivity contribution >= 4 is 11.9 Å². The van der Waals surface area contributed by atoms with E-state index in [2.05, 4.69) is 68.8 Å². The predicted octanol–water partition coefficient (Wildman–Crippen LogP) is 5.14. The second-order valence-corrected chi connectivity index (χ2v) is 6.19. The third-order valence-electron chi connectivity index (χ3n) is 2.91. The van der Waals surface area contributed by atoms with E-state index in [1.165, 1.54) is 5.56 Å². The van der Waals surface area contributed by atoms with Gasteiger partial charge in [-0.15, -0.1) is 0 Å². The average molecular weight is 275 g/mol. The Hall–Kier alpha value is -2.33. The van der Waals surface area contributed by atoms with E-state index >= 15 is 0 Å². The van der Waals surface area contributed by atoms with Gasteiger partial charge in [0, 0.05) is 11.6 Å². The molecule has 1 nitrogen and oxygen atoms in total. The van der Waals surface area contributed by atoms with Gasteiger partial charge in [-0.3, -0.25) is 4.99 Å². The molecule has 0 aliphatic heterocycles. The zero-order chi connectivity index (χ0) is 15.3. The molecule has 2 aromatic carbocycles. The van der Waals surface area contributed by atoms with Crippen LogP contribution in [0.3, 0.4) is 0 Å². The topological polar surface area (TPSA) is 12.4 Å². The smallest absolute Gasteiger partial charge is 0.0786 e. The summed E-state index contributed by atoms with van der Waals surface area (Å²) < 4.78 is 0. The van der Waals surface area contributed by atoms with Crippen LogP contribution in [0.4, 0.5) is 5.69 Å². The van der Waals surface area contributed by atoms with E-state index in [4.69, 9.17) is 0 Å². The molecule has 0 fully saturated rings. The van der Waals surface area contributed by atoms with E-state index in [9.17, 15) is 0 Å². The number of aliphatic imine (C=N–C) groups is 1. The van der Waals surface area contributed by atoms with Crippen molar-refractivity contribution < 1.29 is 0 Å². The summed E-state index contributed by atoms with van der Waals surface area (Å²) in [6.07, 6.45) is 1.89. The fraction of sp³-hybridized carbons (Fsp3) is 0.250. The Kier molecular flexibility index (Phi) is 4.60. The third kappa shape index (κ3) is 4.93. The molecule has 1 heteroatoms. The Morgan fingerprint density at radius 2 is 1.62 bits per heavy atom. The second kappa shape index (κ2) is 6.41. The monoisotopic (exact) mass is 275 g/mol. The number of nitrogens with zero attached hydrogens (tertiary/aromatic N) is 1. The maximum absolute atomic E-state index is 4.58. The van der Waals surface area contributed by atoms with Crippen LogP contribution < -0.4 is 0 Å². The van der Waals surface area contributed by atoms with E-state index in [0.717, 1.165) is 16.8 Å². The SMILES string of the molecule is Cc1ccc(C=Nc2ccccc2C#CC(C)(C)C)cc1. The van der Waals surface area contributed by atoms with Gasteiger partial charge in [0.15, 0.2) is 0 Å². The largest absolute Gasteiger partial charge is 0.255 e. The first-order valence-electron chi connectivity index (χ1n) is 7.17. The summed E-state index contributed by atoms with van der Waals surface area (Å²) in [6.45, 7) is 8.41. The summed E-state index contributed by atoms with van der Waals surface area (Å²) in [5.41, 5.74) is 4.22. The summed E-state index contributed by atoms with van der Waals surface area (Å²) in [6, 6.07) is 16.3. The average Bonchev–Trinajstić information content (AvgIpc) is 2.44. The molecular formula is C20H21N. The van der Waals surface area contributed by atoms with Crippen molar-refractivity contribution in [2.24, 2.45) is 10.4 Å². The van der Waals surface area contributed by atoms with E-state index in [1.807, 2.05) is 30.5 Å². The number of aryl methyl sites for hydroxylation is 1. The van der Waals surface area contributed by atoms with Crippen molar-refractivity contribution in [2.45, 2.75) is 27.7 Å². The number of hydrogen-bond donors (Lipinski definition) is 0. The van der Waals surface area contributed by atoms with Crippen LogP contribution in [0, 0.1) is 24.2 Å². The van der Waals surface area contributed by atoms with Crippen LogP contribution in [0.1, 0.15) is 37.5 Å². The molecule has 106 valence electrons. The lowest BCUT2D eigenvalue weighted by Gasteiger charge is -2.07. The van der Waals surface area contributed by atoms with Gasteiger partial charge in [0.1, 0.15) is 0 Å². The molecular weight excluding hydrogens is 254 g/mol. The summed E-state index contributed by atoms with van der Waals surface area (Å²) in [7, 11) is 0. The number of hydrogen-bond acceptors (Lipinski definition) is 1. The van der Waals surface area contributed by atoms with Gasteiger partial charge in [0.25, 0.3) is 0 Å². The molecule has 0 amide bonds. The van der Waals surface area contributed by atoms with Crippen LogP contribution in [0.5, 0.6) is 0 Å². The maximum atomic E-state index is 4.58. The van der Waals surface area contributed by atoms with Crippen LogP contribution in [-0.4, -0.2) is 6.21 Å². The summed E-state index contributed by atoms with van der Waals surface area (Å²) >= 11 is 0. The molecule has 21 heavy (non-hydrogen) atoms. The molecule has 0 saturated heterocycles. The number of benzene rings is 2. The van der Waals surface area contributed by atoms with Gasteiger partial charge in [-0.05, 0) is 45.4 Å². The Morgan fingerprint density at radius 3 is 2.29 bits per heavy atom. The molecule has 0 atom stereocenters. The summed E-state index contributed by atoms with van der Waals surface area (Å²) in [5.74, 6) is 6.50. The highest BCUT2D eigenvalue weighted by Crippen LogP contribution is 2.19. The normalized spacial score (nSPS) is 11.2. The van der Waals surface area contributed by atoms with Gasteiger partial charge in [-0.2, -0.15) is 0 Å². The Labute approximate surface area is 127 Å². The Balaban J connectivity index is 2.28. The lowest BCUT2D eigenvalue weighted by molar-refractivity contribution is 0.571. The Bertz CT molecular complexity index is 689. The molecule has 0 bridgehead atoms. The first kappa shape index (κ1) is 15.1. The van der Waals surface area contributed by atoms with Crippen molar-refractivity contribution in [3.8, 4) is 11.8 Å². The van der Waals surface area contributed by atoms with Crippen LogP contribution in [0.2, 0.25) is 0 Å². The minimum atomic E-state index is -0.00617. The van der Waals surface area contributed by atoms with Crippen LogP contribution in [-0.2, 0) is 0 Å². The lowest BCUT2D eigenvalue weighted by Crippen LogP contribution is -1.99. The van der Waals surface area contributed by atoms with Gasteiger partial charge in [0.05, 0.1) is 11.3 Å². The van der Waals surface area contributed by atoms with Gasteiger partial charge in [0.2, 0.25) is 0 Å². The van der Waals surface area contributed by atoms with E-state index < -0.39 is 0 Å². The van der Waals surface area contributed by atoms with Crippen molar-refractivity contribution in [1.29, 1.82) is 0 Å². The molecule has 2 rings (SSSR count). The highest BCUT2D eigenvalue weighted by atomic mass is 14.7. The lowest BCUT2D eigenvalue weighted by atomic mass is 9.97. The van der Waals surface area contributed by atoms with E-state index in [1.54, 1.807) is 0 Å². The molecule has 0 saturated carbocycles. The fourth-order valence-corrected chi connectivity index (χ4v) is 1.74. The van der Waals surface area contributed by atoms with E-state index in [0.29, 0.717) is 0 Å². The minimum absolute atomic E-state index is 0.00617. The van der Waals surface area contributed by atoms with Gasteiger partial charge in [-0.25, -0.2) is 0 Å². The van der Waals surface area contributed by atoms with Gasteiger partial charge < -0.3 is 0 Å². The molecule has 2 aromatic rings. The van der Waals surface area contributed by atoms with Crippen molar-refractivity contribution in [1.82, 2.24) is 0 Å². The van der Waals surface area contributed by atoms with Crippen molar-refractivity contribution in [3.63, 3.8) is 0 Å². The summed E-state index contributed by atoms with van der Waals surface area (Å²) in [4.78, 5) is 4.58. The molecule has 0 aliphatic rings. The van der Waals surface area contributed by atoms with Crippen LogP contribution in [0.15, 0.2) is 53.5 Å². The number of para-hydroxylation sites is 1. The zero-order valence-electron chi connectivity index (χ0n) is 13.1. The molecule has 0 heterocycles. The third-order valence-corrected chi connectivity index (χ3v) is 2.91. The highest BCUT2D eigenvalue weighted by molar-refractivity contribution is 5.82. The molecule has 0 N–H and O–H groups in total. The highest BCUT2D eigenvalue weighted by Gasteiger charge is 2.04. The minimum Gasteiger partial charge on any atom is -0.255 e. The van der Waals surface area contributed by atoms with Crippen molar-refractivity contribution in [2.75, 3.05) is 0 Å². The standard InChI is InChI=1S/C20H21N/c1-16-9-11-17(12-10-16)15-21-19-8-6-5-7-18(19)13-14-20(2,3)4/h5-12,15H,1-4H3. The molecule has 0 unspecified atom stereocenters. The van der Waals surface area contributed by atoms with Crippen molar-refractivity contribution in [3.05, 3.63) is 65.2 Å². The molecule has 0 aromatic heterocycles. The predicted molar refractivity (Wildman–Crippen MR) is 91.2 cm³/mol. The number of rotatable bonds is 2. The molecule has 0 radical (unpaired) electrons. The fourth-order valence-electron chi connectivity index (χ4n) is 1.74. The molecule has 0 aliphatic carbocycles. The quantitative estimate of drug-likeness (QED) is 0.531. The molecule has 0 spiro atoms. The first-order valence-corrected chi connectivity index (χ1v) is 7.17. The van der Waals surface area contributed by atoms with Gasteiger partial charge >= 0.3 is 0 Å². The first-order chi connectivity index (χ1) is 9.94. The van der Waals surface area contributed by atoms with Crippen LogP contribution >= 0.6 is 0 Å². The zero-order valence-corrected chi connectivity index (χ0v) is 13.1. The van der Waals surface area contributed by atoms with E-state index in [-0.39, 0.29) is 5.41 Å². The maximum Gasteiger partial charge on any atom is 0.0786 e. The van der Waals surface area contributed by atoms with Gasteiger partial charge in [-0.1, -0.05) is 53.8 Å².